The molecule has 2 aromatic heterocycles. The van der Waals surface area contributed by atoms with Crippen molar-refractivity contribution >= 4 is 16.9 Å². The number of ether oxygens (including phenoxy) is 2. The Bertz CT molecular complexity index is 1110. The molecule has 0 bridgehead atoms. The molecule has 3 heterocycles. The molecule has 4 rings (SSSR count). The normalized spacial score (nSPS) is 17.1. The number of alkyl halides is 3. The standard InChI is InChI=1S/C22H22F3N3O3/c1-30-14-5-7-19(31-2)15(10-14)21(29)28-9-3-4-13(12-28)17-11-18-16(26-17)6-8-20(27-18)22(23,24)25/h5-8,10-11,13,26H,3-4,9,12H2,1-2H3/t13-/m0/s1. The fraction of sp³-hybridized carbons (Fsp3) is 0.364. The molecule has 0 aliphatic carbocycles. The van der Waals surface area contributed by atoms with E-state index in [-0.39, 0.29) is 17.3 Å². The molecule has 1 amide bonds. The minimum atomic E-state index is -4.49. The number of methoxy groups -OCH3 is 2. The highest BCUT2D eigenvalue weighted by atomic mass is 19.4. The first kappa shape index (κ1) is 21.0. The van der Waals surface area contributed by atoms with Gasteiger partial charge in [-0.25, -0.2) is 4.98 Å². The number of rotatable bonds is 4. The van der Waals surface area contributed by atoms with Crippen LogP contribution >= 0.6 is 0 Å². The van der Waals surface area contributed by atoms with E-state index in [0.717, 1.165) is 24.6 Å². The average Bonchev–Trinajstić information content (AvgIpc) is 3.21. The molecule has 1 saturated heterocycles. The fourth-order valence-corrected chi connectivity index (χ4v) is 3.97. The highest BCUT2D eigenvalue weighted by Crippen LogP contribution is 2.33. The van der Waals surface area contributed by atoms with E-state index in [2.05, 4.69) is 9.97 Å². The maximum absolute atomic E-state index is 13.2. The molecular formula is C22H22F3N3O3. The predicted octanol–water partition coefficient (Wildman–Crippen LogP) is 4.62. The quantitative estimate of drug-likeness (QED) is 0.652. The lowest BCUT2D eigenvalue weighted by atomic mass is 9.94. The SMILES string of the molecule is COc1ccc(OC)c(C(=O)N2CCC[C@H](c3cc4nc(C(F)(F)F)ccc4[nH]3)C2)c1. The molecule has 1 N–H and O–H groups in total. The molecule has 6 nitrogen and oxygen atoms in total. The van der Waals surface area contributed by atoms with E-state index in [9.17, 15) is 18.0 Å². The van der Waals surface area contributed by atoms with Crippen LogP contribution in [0.3, 0.4) is 0 Å². The largest absolute Gasteiger partial charge is 0.497 e. The highest BCUT2D eigenvalue weighted by Gasteiger charge is 2.33. The zero-order chi connectivity index (χ0) is 22.2. The van der Waals surface area contributed by atoms with Crippen LogP contribution in [0.1, 0.15) is 40.5 Å². The van der Waals surface area contributed by atoms with Crippen LogP contribution in [-0.4, -0.2) is 48.1 Å². The Morgan fingerprint density at radius 2 is 1.97 bits per heavy atom. The topological polar surface area (TPSA) is 67.5 Å². The van der Waals surface area contributed by atoms with Gasteiger partial charge in [0, 0.05) is 24.7 Å². The van der Waals surface area contributed by atoms with Gasteiger partial charge in [-0.1, -0.05) is 0 Å². The van der Waals surface area contributed by atoms with Gasteiger partial charge in [-0.15, -0.1) is 0 Å². The van der Waals surface area contributed by atoms with Crippen molar-refractivity contribution in [3.05, 3.63) is 53.3 Å². The molecule has 0 unspecified atom stereocenters. The second kappa shape index (κ2) is 8.13. The number of aromatic nitrogens is 2. The Morgan fingerprint density at radius 1 is 1.16 bits per heavy atom. The third-order valence-electron chi connectivity index (χ3n) is 5.57. The molecule has 1 aliphatic rings. The zero-order valence-electron chi connectivity index (χ0n) is 17.1. The van der Waals surface area contributed by atoms with Crippen molar-refractivity contribution in [1.29, 1.82) is 0 Å². The second-order valence-electron chi connectivity index (χ2n) is 7.51. The van der Waals surface area contributed by atoms with Crippen LogP contribution in [0.5, 0.6) is 11.5 Å². The third-order valence-corrected chi connectivity index (χ3v) is 5.57. The van der Waals surface area contributed by atoms with Gasteiger partial charge in [0.1, 0.15) is 17.2 Å². The van der Waals surface area contributed by atoms with Crippen LogP contribution in [0.4, 0.5) is 13.2 Å². The van der Waals surface area contributed by atoms with Crippen LogP contribution < -0.4 is 9.47 Å². The number of pyridine rings is 1. The molecule has 31 heavy (non-hydrogen) atoms. The Kier molecular flexibility index (Phi) is 5.51. The monoisotopic (exact) mass is 433 g/mol. The molecule has 0 saturated carbocycles. The lowest BCUT2D eigenvalue weighted by Gasteiger charge is -2.32. The first-order valence-electron chi connectivity index (χ1n) is 9.88. The molecule has 0 spiro atoms. The Labute approximate surface area is 177 Å². The van der Waals surface area contributed by atoms with Gasteiger partial charge >= 0.3 is 6.18 Å². The van der Waals surface area contributed by atoms with Crippen molar-refractivity contribution in [1.82, 2.24) is 14.9 Å². The van der Waals surface area contributed by atoms with E-state index in [1.54, 1.807) is 29.2 Å². The molecule has 1 fully saturated rings. The van der Waals surface area contributed by atoms with Gasteiger partial charge in [0.05, 0.1) is 30.8 Å². The Hall–Kier alpha value is -3.23. The first-order chi connectivity index (χ1) is 14.8. The van der Waals surface area contributed by atoms with E-state index in [0.29, 0.717) is 35.7 Å². The highest BCUT2D eigenvalue weighted by molar-refractivity contribution is 5.97. The molecule has 0 radical (unpaired) electrons. The summed E-state index contributed by atoms with van der Waals surface area (Å²) < 4.78 is 49.4. The second-order valence-corrected chi connectivity index (χ2v) is 7.51. The average molecular weight is 433 g/mol. The molecular weight excluding hydrogens is 411 g/mol. The number of piperidine rings is 1. The fourth-order valence-electron chi connectivity index (χ4n) is 3.97. The van der Waals surface area contributed by atoms with Crippen LogP contribution in [-0.2, 0) is 6.18 Å². The van der Waals surface area contributed by atoms with Crippen LogP contribution in [0.2, 0.25) is 0 Å². The molecule has 1 aliphatic heterocycles. The summed E-state index contributed by atoms with van der Waals surface area (Å²) in [6.07, 6.45) is -2.90. The summed E-state index contributed by atoms with van der Waals surface area (Å²) in [5.74, 6) is 0.814. The van der Waals surface area contributed by atoms with E-state index < -0.39 is 11.9 Å². The number of carbonyl (C=O) groups is 1. The van der Waals surface area contributed by atoms with Crippen molar-refractivity contribution in [3.8, 4) is 11.5 Å². The van der Waals surface area contributed by atoms with Crippen molar-refractivity contribution in [2.45, 2.75) is 24.9 Å². The van der Waals surface area contributed by atoms with E-state index in [4.69, 9.17) is 9.47 Å². The molecule has 1 atom stereocenters. The lowest BCUT2D eigenvalue weighted by molar-refractivity contribution is -0.140. The Balaban J connectivity index is 1.58. The van der Waals surface area contributed by atoms with Gasteiger partial charge in [-0.2, -0.15) is 13.2 Å². The number of benzene rings is 1. The summed E-state index contributed by atoms with van der Waals surface area (Å²) in [5.41, 5.74) is 1.08. The number of halogens is 3. The van der Waals surface area contributed by atoms with Crippen molar-refractivity contribution in [2.24, 2.45) is 0 Å². The maximum Gasteiger partial charge on any atom is 0.433 e. The van der Waals surface area contributed by atoms with Crippen LogP contribution in [0, 0.1) is 0 Å². The summed E-state index contributed by atoms with van der Waals surface area (Å²) in [5, 5.41) is 0. The lowest BCUT2D eigenvalue weighted by Crippen LogP contribution is -2.39. The molecule has 164 valence electrons. The number of amides is 1. The molecule has 9 heteroatoms. The van der Waals surface area contributed by atoms with E-state index >= 15 is 0 Å². The summed E-state index contributed by atoms with van der Waals surface area (Å²) in [6, 6.07) is 9.07. The molecule has 1 aromatic carbocycles. The van der Waals surface area contributed by atoms with Gasteiger partial charge in [0.2, 0.25) is 0 Å². The van der Waals surface area contributed by atoms with Gasteiger partial charge < -0.3 is 19.4 Å². The predicted molar refractivity (Wildman–Crippen MR) is 109 cm³/mol. The number of H-pyrrole nitrogens is 1. The third kappa shape index (κ3) is 4.17. The first-order valence-corrected chi connectivity index (χ1v) is 9.88. The maximum atomic E-state index is 13.2. The van der Waals surface area contributed by atoms with Crippen LogP contribution in [0.25, 0.3) is 11.0 Å². The summed E-state index contributed by atoms with van der Waals surface area (Å²) >= 11 is 0. The molecule has 3 aromatic rings. The van der Waals surface area contributed by atoms with Crippen molar-refractivity contribution < 1.29 is 27.4 Å². The van der Waals surface area contributed by atoms with Crippen LogP contribution in [0.15, 0.2) is 36.4 Å². The zero-order valence-corrected chi connectivity index (χ0v) is 17.1. The van der Waals surface area contributed by atoms with Gasteiger partial charge in [-0.05, 0) is 49.2 Å². The van der Waals surface area contributed by atoms with Crippen molar-refractivity contribution in [3.63, 3.8) is 0 Å². The Morgan fingerprint density at radius 3 is 2.68 bits per heavy atom. The number of nitrogens with zero attached hydrogens (tertiary/aromatic N) is 2. The number of fused-ring (bicyclic) bond motifs is 1. The van der Waals surface area contributed by atoms with E-state index in [1.165, 1.54) is 20.3 Å². The van der Waals surface area contributed by atoms with Gasteiger partial charge in [-0.3, -0.25) is 4.79 Å². The van der Waals surface area contributed by atoms with Gasteiger partial charge in [0.15, 0.2) is 0 Å². The van der Waals surface area contributed by atoms with Crippen molar-refractivity contribution in [2.75, 3.05) is 27.3 Å². The van der Waals surface area contributed by atoms with E-state index in [1.807, 2.05) is 0 Å². The number of hydrogen-bond donors (Lipinski definition) is 1. The smallest absolute Gasteiger partial charge is 0.433 e. The summed E-state index contributed by atoms with van der Waals surface area (Å²) in [4.78, 5) is 21.8. The number of nitrogens with one attached hydrogen (secondary N) is 1. The number of likely N-dealkylation sites (tertiary alicyclic amines) is 1. The summed E-state index contributed by atoms with van der Waals surface area (Å²) in [6.45, 7) is 1.03. The van der Waals surface area contributed by atoms with Gasteiger partial charge in [0.25, 0.3) is 5.91 Å². The number of carbonyl (C=O) groups excluding carboxylic acids is 1. The number of hydrogen-bond acceptors (Lipinski definition) is 4. The minimum absolute atomic E-state index is 0.0298. The number of aromatic amines is 1. The minimum Gasteiger partial charge on any atom is -0.497 e. The summed E-state index contributed by atoms with van der Waals surface area (Å²) in [7, 11) is 3.03.